The summed E-state index contributed by atoms with van der Waals surface area (Å²) < 4.78 is 24.2. The summed E-state index contributed by atoms with van der Waals surface area (Å²) in [7, 11) is -3.72. The minimum absolute atomic E-state index is 0.326. The SMILES string of the molecule is CC(C)(C)O[Si](OC(=O)[C@@H]1CCCN1)(OC(C)(C)C)OC(C)(C)C. The molecule has 0 aromatic heterocycles. The monoisotopic (exact) mass is 361 g/mol. The van der Waals surface area contributed by atoms with E-state index in [4.69, 9.17) is 17.7 Å². The molecule has 0 aliphatic carbocycles. The summed E-state index contributed by atoms with van der Waals surface area (Å²) in [5.41, 5.74) is -1.73. The molecule has 1 fully saturated rings. The molecule has 1 N–H and O–H groups in total. The highest BCUT2D eigenvalue weighted by Crippen LogP contribution is 2.30. The predicted molar refractivity (Wildman–Crippen MR) is 95.4 cm³/mol. The van der Waals surface area contributed by atoms with Gasteiger partial charge in [-0.3, -0.25) is 4.79 Å². The van der Waals surface area contributed by atoms with Crippen LogP contribution in [-0.2, 0) is 22.5 Å². The van der Waals surface area contributed by atoms with Gasteiger partial charge in [-0.2, -0.15) is 0 Å². The van der Waals surface area contributed by atoms with Crippen LogP contribution in [0.15, 0.2) is 0 Å². The summed E-state index contributed by atoms with van der Waals surface area (Å²) in [6, 6.07) is -0.326. The molecular weight excluding hydrogens is 326 g/mol. The lowest BCUT2D eigenvalue weighted by Gasteiger charge is -2.40. The molecule has 1 heterocycles. The maximum absolute atomic E-state index is 12.6. The van der Waals surface area contributed by atoms with E-state index in [-0.39, 0.29) is 12.0 Å². The van der Waals surface area contributed by atoms with Gasteiger partial charge in [0.25, 0.3) is 0 Å². The summed E-state index contributed by atoms with van der Waals surface area (Å²) in [6.45, 7) is 17.9. The Morgan fingerprint density at radius 1 is 0.875 bits per heavy atom. The van der Waals surface area contributed by atoms with Gasteiger partial charge in [-0.25, -0.2) is 0 Å². The number of hydrogen-bond donors (Lipinski definition) is 1. The van der Waals surface area contributed by atoms with Crippen LogP contribution in [0.3, 0.4) is 0 Å². The second-order valence-corrected chi connectivity index (χ2v) is 11.0. The number of rotatable bonds is 5. The second-order valence-electron chi connectivity index (χ2n) is 9.21. The Hall–Kier alpha value is -0.473. The van der Waals surface area contributed by atoms with E-state index in [2.05, 4.69) is 5.32 Å². The average molecular weight is 362 g/mol. The van der Waals surface area contributed by atoms with Crippen LogP contribution >= 0.6 is 0 Å². The van der Waals surface area contributed by atoms with Gasteiger partial charge in [0.15, 0.2) is 0 Å². The quantitative estimate of drug-likeness (QED) is 0.759. The molecule has 1 aliphatic rings. The third-order valence-corrected chi connectivity index (χ3v) is 5.90. The predicted octanol–water partition coefficient (Wildman–Crippen LogP) is 3.16. The first kappa shape index (κ1) is 21.6. The maximum Gasteiger partial charge on any atom is 0.752 e. The Labute approximate surface area is 148 Å². The molecule has 1 saturated heterocycles. The summed E-state index contributed by atoms with van der Waals surface area (Å²) in [6.07, 6.45) is 1.71. The molecule has 0 radical (unpaired) electrons. The average Bonchev–Trinajstić information content (AvgIpc) is 2.72. The molecule has 1 rings (SSSR count). The lowest BCUT2D eigenvalue weighted by atomic mass is 10.2. The topological polar surface area (TPSA) is 66.0 Å². The fourth-order valence-electron chi connectivity index (χ4n) is 2.33. The first-order valence-electron chi connectivity index (χ1n) is 8.68. The lowest BCUT2D eigenvalue weighted by Crippen LogP contribution is -2.61. The van der Waals surface area contributed by atoms with Crippen LogP contribution in [0.1, 0.15) is 75.2 Å². The molecule has 0 saturated carbocycles. The van der Waals surface area contributed by atoms with E-state index in [1.807, 2.05) is 62.3 Å². The lowest BCUT2D eigenvalue weighted by molar-refractivity contribution is -0.163. The molecule has 1 aliphatic heterocycles. The van der Waals surface area contributed by atoms with Crippen molar-refractivity contribution in [3.8, 4) is 0 Å². The summed E-state index contributed by atoms with van der Waals surface area (Å²) in [5, 5.41) is 3.15. The van der Waals surface area contributed by atoms with Gasteiger partial charge in [0, 0.05) is 0 Å². The minimum Gasteiger partial charge on any atom is -0.451 e. The highest BCUT2D eigenvalue weighted by molar-refractivity contribution is 6.56. The van der Waals surface area contributed by atoms with Gasteiger partial charge in [0.1, 0.15) is 6.04 Å². The van der Waals surface area contributed by atoms with E-state index in [0.29, 0.717) is 0 Å². The summed E-state index contributed by atoms with van der Waals surface area (Å²) in [5.74, 6) is -0.364. The highest BCUT2D eigenvalue weighted by atomic mass is 28.4. The van der Waals surface area contributed by atoms with Crippen LogP contribution in [0.25, 0.3) is 0 Å². The van der Waals surface area contributed by atoms with Gasteiger partial charge in [-0.05, 0) is 81.7 Å². The van der Waals surface area contributed by atoms with Crippen molar-refractivity contribution in [3.05, 3.63) is 0 Å². The van der Waals surface area contributed by atoms with E-state index in [1.165, 1.54) is 0 Å². The van der Waals surface area contributed by atoms with Crippen molar-refractivity contribution in [1.29, 1.82) is 0 Å². The van der Waals surface area contributed by atoms with Crippen LogP contribution < -0.4 is 5.32 Å². The van der Waals surface area contributed by atoms with Crippen LogP contribution in [0.4, 0.5) is 0 Å². The molecule has 0 aromatic rings. The fourth-order valence-corrected chi connectivity index (χ4v) is 5.22. The maximum atomic E-state index is 12.6. The minimum atomic E-state index is -3.72. The van der Waals surface area contributed by atoms with Crippen molar-refractivity contribution in [3.63, 3.8) is 0 Å². The van der Waals surface area contributed by atoms with Crippen molar-refractivity contribution in [2.75, 3.05) is 6.54 Å². The van der Waals surface area contributed by atoms with E-state index in [1.54, 1.807) is 0 Å². The highest BCUT2D eigenvalue weighted by Gasteiger charge is 2.58. The van der Waals surface area contributed by atoms with Crippen molar-refractivity contribution in [2.45, 2.75) is 98.0 Å². The van der Waals surface area contributed by atoms with Crippen LogP contribution in [0.2, 0.25) is 0 Å². The van der Waals surface area contributed by atoms with E-state index < -0.39 is 25.9 Å². The fraction of sp³-hybridized carbons (Fsp3) is 0.941. The molecule has 0 unspecified atom stereocenters. The number of carbonyl (C=O) groups is 1. The van der Waals surface area contributed by atoms with E-state index in [9.17, 15) is 4.79 Å². The Morgan fingerprint density at radius 2 is 1.29 bits per heavy atom. The molecule has 0 amide bonds. The van der Waals surface area contributed by atoms with Crippen molar-refractivity contribution >= 4 is 15.0 Å². The molecule has 24 heavy (non-hydrogen) atoms. The number of nitrogens with one attached hydrogen (secondary N) is 1. The largest absolute Gasteiger partial charge is 0.752 e. The molecule has 142 valence electrons. The molecular formula is C17H35NO5Si. The molecule has 0 spiro atoms. The van der Waals surface area contributed by atoms with Gasteiger partial charge in [-0.15, -0.1) is 0 Å². The van der Waals surface area contributed by atoms with Crippen molar-refractivity contribution in [1.82, 2.24) is 5.32 Å². The van der Waals surface area contributed by atoms with E-state index >= 15 is 0 Å². The first-order valence-corrected chi connectivity index (χ1v) is 10.3. The van der Waals surface area contributed by atoms with Crippen LogP contribution in [0, 0.1) is 0 Å². The van der Waals surface area contributed by atoms with Gasteiger partial charge in [-0.1, -0.05) is 0 Å². The Balaban J connectivity index is 3.13. The van der Waals surface area contributed by atoms with Gasteiger partial charge < -0.3 is 23.0 Å². The Kier molecular flexibility index (Phi) is 6.66. The summed E-state index contributed by atoms with van der Waals surface area (Å²) >= 11 is 0. The Morgan fingerprint density at radius 3 is 1.58 bits per heavy atom. The van der Waals surface area contributed by atoms with Gasteiger partial charge in [0.05, 0.1) is 16.8 Å². The standard InChI is InChI=1S/C17H35NO5Si/c1-15(2,3)21-24(22-16(4,5)6,23-17(7,8)9)20-14(19)13-11-10-12-18-13/h13,18H,10-12H2,1-9H3/t13-/m0/s1. The zero-order valence-electron chi connectivity index (χ0n) is 16.7. The third kappa shape index (κ3) is 8.07. The second kappa shape index (κ2) is 7.41. The van der Waals surface area contributed by atoms with Gasteiger partial charge >= 0.3 is 15.0 Å². The smallest absolute Gasteiger partial charge is 0.451 e. The molecule has 1 atom stereocenters. The Bertz CT molecular complexity index is 387. The summed E-state index contributed by atoms with van der Waals surface area (Å²) in [4.78, 5) is 12.6. The van der Waals surface area contributed by atoms with Crippen molar-refractivity contribution in [2.24, 2.45) is 0 Å². The molecule has 7 heteroatoms. The normalized spacial score (nSPS) is 20.3. The van der Waals surface area contributed by atoms with Crippen LogP contribution in [-0.4, -0.2) is 44.4 Å². The van der Waals surface area contributed by atoms with Crippen molar-refractivity contribution < 1.29 is 22.5 Å². The zero-order valence-corrected chi connectivity index (χ0v) is 17.7. The zero-order chi connectivity index (χ0) is 18.8. The molecule has 0 aromatic carbocycles. The van der Waals surface area contributed by atoms with Crippen LogP contribution in [0.5, 0.6) is 0 Å². The number of hydrogen-bond acceptors (Lipinski definition) is 6. The third-order valence-electron chi connectivity index (χ3n) is 2.86. The number of carbonyl (C=O) groups excluding carboxylic acids is 1. The van der Waals surface area contributed by atoms with E-state index in [0.717, 1.165) is 19.4 Å². The first-order chi connectivity index (χ1) is 10.6. The van der Waals surface area contributed by atoms with Gasteiger partial charge in [0.2, 0.25) is 0 Å². The molecule has 0 bridgehead atoms. The molecule has 6 nitrogen and oxygen atoms in total.